The van der Waals surface area contributed by atoms with Gasteiger partial charge in [0.05, 0.1) is 18.6 Å². The Morgan fingerprint density at radius 2 is 2.29 bits per heavy atom. The molecule has 4 nitrogen and oxygen atoms in total. The fourth-order valence-electron chi connectivity index (χ4n) is 3.16. The molecule has 0 unspecified atom stereocenters. The van der Waals surface area contributed by atoms with Crippen molar-refractivity contribution in [1.82, 2.24) is 9.88 Å². The van der Waals surface area contributed by atoms with Gasteiger partial charge in [0, 0.05) is 18.1 Å². The number of piperidine rings is 1. The molecule has 0 saturated carbocycles. The van der Waals surface area contributed by atoms with E-state index in [0.717, 1.165) is 42.1 Å². The highest BCUT2D eigenvalue weighted by Crippen LogP contribution is 2.32. The fourth-order valence-corrected chi connectivity index (χ4v) is 3.95. The zero-order valence-corrected chi connectivity index (χ0v) is 15.1. The Morgan fingerprint density at radius 3 is 3.04 bits per heavy atom. The molecule has 1 aliphatic heterocycles. The normalized spacial score (nSPS) is 18.0. The Balaban J connectivity index is 1.71. The van der Waals surface area contributed by atoms with Crippen molar-refractivity contribution in [2.24, 2.45) is 0 Å². The molecule has 24 heavy (non-hydrogen) atoms. The molecule has 2 aromatic rings. The highest BCUT2D eigenvalue weighted by Gasteiger charge is 2.29. The van der Waals surface area contributed by atoms with Crippen LogP contribution in [0.2, 0.25) is 0 Å². The number of benzene rings is 1. The summed E-state index contributed by atoms with van der Waals surface area (Å²) in [4.78, 5) is 19.3. The number of nitrogens with zero attached hydrogens (tertiary/aromatic N) is 2. The van der Waals surface area contributed by atoms with Crippen molar-refractivity contribution in [2.45, 2.75) is 51.7 Å². The van der Waals surface area contributed by atoms with E-state index in [1.54, 1.807) is 11.3 Å². The molecule has 1 amide bonds. The first kappa shape index (κ1) is 17.0. The molecule has 0 aliphatic carbocycles. The maximum absolute atomic E-state index is 12.9. The predicted molar refractivity (Wildman–Crippen MR) is 96.3 cm³/mol. The third-order valence-electron chi connectivity index (χ3n) is 4.19. The van der Waals surface area contributed by atoms with Gasteiger partial charge < -0.3 is 9.64 Å². The van der Waals surface area contributed by atoms with E-state index in [4.69, 9.17) is 4.74 Å². The van der Waals surface area contributed by atoms with E-state index in [-0.39, 0.29) is 18.1 Å². The molecule has 0 spiro atoms. The van der Waals surface area contributed by atoms with Gasteiger partial charge in [0.2, 0.25) is 5.91 Å². The number of amides is 1. The molecule has 1 aromatic carbocycles. The number of hydrogen-bond donors (Lipinski definition) is 0. The third-order valence-corrected chi connectivity index (χ3v) is 5.06. The van der Waals surface area contributed by atoms with Crippen LogP contribution in [0.4, 0.5) is 0 Å². The highest BCUT2D eigenvalue weighted by atomic mass is 32.1. The smallest absolute Gasteiger partial charge is 0.227 e. The second-order valence-corrected chi connectivity index (χ2v) is 7.39. The summed E-state index contributed by atoms with van der Waals surface area (Å²) in [5.74, 6) is 1.00. The van der Waals surface area contributed by atoms with Crippen LogP contribution in [-0.4, -0.2) is 28.4 Å². The van der Waals surface area contributed by atoms with Gasteiger partial charge in [-0.25, -0.2) is 4.98 Å². The molecule has 5 heteroatoms. The number of ether oxygens (including phenoxy) is 1. The van der Waals surface area contributed by atoms with E-state index in [1.807, 2.05) is 54.6 Å². The van der Waals surface area contributed by atoms with Crippen LogP contribution in [0.1, 0.15) is 49.7 Å². The first-order valence-corrected chi connectivity index (χ1v) is 9.46. The summed E-state index contributed by atoms with van der Waals surface area (Å²) in [6, 6.07) is 8.00. The summed E-state index contributed by atoms with van der Waals surface area (Å²) >= 11 is 1.64. The van der Waals surface area contributed by atoms with Crippen molar-refractivity contribution in [1.29, 1.82) is 0 Å². The van der Waals surface area contributed by atoms with Crippen molar-refractivity contribution >= 4 is 17.2 Å². The van der Waals surface area contributed by atoms with Gasteiger partial charge >= 0.3 is 0 Å². The first-order valence-electron chi connectivity index (χ1n) is 8.58. The fraction of sp³-hybridized carbons (Fsp3) is 0.474. The van der Waals surface area contributed by atoms with Gasteiger partial charge in [0.25, 0.3) is 0 Å². The number of thiazole rings is 1. The largest absolute Gasteiger partial charge is 0.491 e. The van der Waals surface area contributed by atoms with E-state index in [1.165, 1.54) is 0 Å². The van der Waals surface area contributed by atoms with Crippen LogP contribution < -0.4 is 4.74 Å². The zero-order chi connectivity index (χ0) is 16.9. The third kappa shape index (κ3) is 4.15. The van der Waals surface area contributed by atoms with E-state index in [2.05, 4.69) is 4.98 Å². The van der Waals surface area contributed by atoms with Crippen LogP contribution in [0.25, 0.3) is 0 Å². The summed E-state index contributed by atoms with van der Waals surface area (Å²) < 4.78 is 5.73. The molecule has 1 aromatic heterocycles. The number of carbonyl (C=O) groups excluding carboxylic acids is 1. The Kier molecular flexibility index (Phi) is 5.51. The van der Waals surface area contributed by atoms with E-state index in [0.29, 0.717) is 6.42 Å². The van der Waals surface area contributed by atoms with Crippen LogP contribution in [0.5, 0.6) is 5.75 Å². The number of aromatic nitrogens is 1. The van der Waals surface area contributed by atoms with Gasteiger partial charge in [0.1, 0.15) is 10.8 Å². The van der Waals surface area contributed by atoms with Gasteiger partial charge in [-0.1, -0.05) is 12.1 Å². The zero-order valence-electron chi connectivity index (χ0n) is 14.3. The number of rotatable bonds is 5. The molecule has 1 saturated heterocycles. The number of carbonyl (C=O) groups is 1. The van der Waals surface area contributed by atoms with Crippen LogP contribution >= 0.6 is 11.3 Å². The first-order chi connectivity index (χ1) is 11.6. The predicted octanol–water partition coefficient (Wildman–Crippen LogP) is 4.23. The van der Waals surface area contributed by atoms with Gasteiger partial charge in [0.15, 0.2) is 0 Å². The highest BCUT2D eigenvalue weighted by molar-refractivity contribution is 7.09. The van der Waals surface area contributed by atoms with Crippen molar-refractivity contribution in [3.05, 3.63) is 46.4 Å². The summed E-state index contributed by atoms with van der Waals surface area (Å²) in [5.41, 5.74) is 1.00. The molecular weight excluding hydrogens is 320 g/mol. The second-order valence-electron chi connectivity index (χ2n) is 6.46. The molecule has 1 atom stereocenters. The molecule has 3 rings (SSSR count). The Morgan fingerprint density at radius 1 is 1.42 bits per heavy atom. The maximum Gasteiger partial charge on any atom is 0.227 e. The minimum absolute atomic E-state index is 0.132. The lowest BCUT2D eigenvalue weighted by Gasteiger charge is -2.34. The van der Waals surface area contributed by atoms with Gasteiger partial charge in [-0.05, 0) is 50.8 Å². The molecular formula is C19H24N2O2S. The summed E-state index contributed by atoms with van der Waals surface area (Å²) in [5, 5.41) is 3.04. The summed E-state index contributed by atoms with van der Waals surface area (Å²) in [6.07, 6.45) is 5.61. The van der Waals surface area contributed by atoms with Crippen molar-refractivity contribution in [2.75, 3.05) is 6.54 Å². The Bertz CT molecular complexity index is 670. The lowest BCUT2D eigenvalue weighted by atomic mass is 10.0. The Labute approximate surface area is 147 Å². The van der Waals surface area contributed by atoms with Crippen LogP contribution in [0.3, 0.4) is 0 Å². The molecule has 0 bridgehead atoms. The van der Waals surface area contributed by atoms with E-state index in [9.17, 15) is 4.79 Å². The van der Waals surface area contributed by atoms with Crippen molar-refractivity contribution < 1.29 is 9.53 Å². The van der Waals surface area contributed by atoms with Crippen LogP contribution in [0.15, 0.2) is 35.8 Å². The van der Waals surface area contributed by atoms with Crippen LogP contribution in [0, 0.1) is 0 Å². The minimum atomic E-state index is 0.132. The summed E-state index contributed by atoms with van der Waals surface area (Å²) in [6.45, 7) is 4.83. The molecule has 128 valence electrons. The molecule has 0 N–H and O–H groups in total. The number of likely N-dealkylation sites (tertiary alicyclic amines) is 1. The minimum Gasteiger partial charge on any atom is -0.491 e. The average Bonchev–Trinajstić information content (AvgIpc) is 3.09. The van der Waals surface area contributed by atoms with Gasteiger partial charge in [-0.15, -0.1) is 11.3 Å². The van der Waals surface area contributed by atoms with Crippen molar-refractivity contribution in [3.8, 4) is 5.75 Å². The molecule has 1 aliphatic rings. The van der Waals surface area contributed by atoms with E-state index < -0.39 is 0 Å². The van der Waals surface area contributed by atoms with Gasteiger partial charge in [-0.2, -0.15) is 0 Å². The second kappa shape index (κ2) is 7.79. The average molecular weight is 344 g/mol. The van der Waals surface area contributed by atoms with E-state index >= 15 is 0 Å². The maximum atomic E-state index is 12.9. The van der Waals surface area contributed by atoms with Gasteiger partial charge in [-0.3, -0.25) is 4.79 Å². The monoisotopic (exact) mass is 344 g/mol. The molecule has 0 radical (unpaired) electrons. The number of hydrogen-bond acceptors (Lipinski definition) is 4. The van der Waals surface area contributed by atoms with Crippen molar-refractivity contribution in [3.63, 3.8) is 0 Å². The molecule has 2 heterocycles. The lowest BCUT2D eigenvalue weighted by Crippen LogP contribution is -2.39. The standard InChI is InChI=1S/C19H24N2O2S/c1-14(2)23-16-7-5-6-15(12-16)13-18(22)21-10-4-3-8-17(21)19-20-9-11-24-19/h5-7,9,11-12,14,17H,3-4,8,10,13H2,1-2H3/t17-/m1/s1. The lowest BCUT2D eigenvalue weighted by molar-refractivity contribution is -0.134. The summed E-state index contributed by atoms with van der Waals surface area (Å²) in [7, 11) is 0. The topological polar surface area (TPSA) is 42.4 Å². The Hall–Kier alpha value is -1.88. The van der Waals surface area contributed by atoms with Crippen LogP contribution in [-0.2, 0) is 11.2 Å². The quantitative estimate of drug-likeness (QED) is 0.815. The SMILES string of the molecule is CC(C)Oc1cccc(CC(=O)N2CCCC[C@@H]2c2nccs2)c1. The molecule has 1 fully saturated rings.